The van der Waals surface area contributed by atoms with Gasteiger partial charge in [-0.3, -0.25) is 0 Å². The number of esters is 1. The van der Waals surface area contributed by atoms with E-state index in [1.807, 2.05) is 0 Å². The summed E-state index contributed by atoms with van der Waals surface area (Å²) in [5.41, 5.74) is -1.41. The third-order valence-corrected chi connectivity index (χ3v) is 1.91. The first-order valence-corrected chi connectivity index (χ1v) is 4.66. The van der Waals surface area contributed by atoms with E-state index in [4.69, 9.17) is 11.6 Å². The van der Waals surface area contributed by atoms with Gasteiger partial charge >= 0.3 is 5.97 Å². The van der Waals surface area contributed by atoms with E-state index in [1.54, 1.807) is 0 Å². The van der Waals surface area contributed by atoms with Crippen molar-refractivity contribution < 1.29 is 22.7 Å². The topological polar surface area (TPSA) is 39.2 Å². The number of hydrogen-bond acceptors (Lipinski definition) is 3. The Kier molecular flexibility index (Phi) is 4.12. The van der Waals surface area contributed by atoms with Gasteiger partial charge in [-0.05, 0) is 13.0 Å². The Morgan fingerprint density at radius 3 is 2.75 bits per heavy atom. The van der Waals surface area contributed by atoms with Gasteiger partial charge in [-0.2, -0.15) is 0 Å². The Balaban J connectivity index is 3.21. The van der Waals surface area contributed by atoms with Gasteiger partial charge < -0.3 is 4.74 Å². The van der Waals surface area contributed by atoms with E-state index in [-0.39, 0.29) is 6.61 Å². The Morgan fingerprint density at radius 1 is 1.62 bits per heavy atom. The molecule has 0 aliphatic heterocycles. The van der Waals surface area contributed by atoms with Crippen LogP contribution in [0.25, 0.3) is 0 Å². The minimum atomic E-state index is -2.94. The Morgan fingerprint density at radius 2 is 2.25 bits per heavy atom. The maximum absolute atomic E-state index is 13.3. The molecule has 0 amide bonds. The Labute approximate surface area is 94.2 Å². The van der Waals surface area contributed by atoms with Crippen LogP contribution in [0.15, 0.2) is 6.07 Å². The van der Waals surface area contributed by atoms with Gasteiger partial charge in [-0.15, -0.1) is 0 Å². The predicted molar refractivity (Wildman–Crippen MR) is 50.1 cm³/mol. The summed E-state index contributed by atoms with van der Waals surface area (Å²) in [6.45, 7) is 1.51. The van der Waals surface area contributed by atoms with Crippen molar-refractivity contribution in [3.63, 3.8) is 0 Å². The number of halogens is 4. The van der Waals surface area contributed by atoms with Gasteiger partial charge in [0.2, 0.25) is 0 Å². The van der Waals surface area contributed by atoms with Gasteiger partial charge in [0.1, 0.15) is 11.3 Å². The average Bonchev–Trinajstić information content (AvgIpc) is 2.21. The summed E-state index contributed by atoms with van der Waals surface area (Å²) in [7, 11) is 0. The van der Waals surface area contributed by atoms with Crippen molar-refractivity contribution in [1.29, 1.82) is 0 Å². The zero-order chi connectivity index (χ0) is 12.3. The fourth-order valence-electron chi connectivity index (χ4n) is 0.986. The van der Waals surface area contributed by atoms with E-state index in [1.165, 1.54) is 6.92 Å². The van der Waals surface area contributed by atoms with Crippen LogP contribution in [0.4, 0.5) is 13.2 Å². The number of pyridine rings is 1. The molecule has 0 spiro atoms. The summed E-state index contributed by atoms with van der Waals surface area (Å²) in [4.78, 5) is 14.3. The van der Waals surface area contributed by atoms with Crippen molar-refractivity contribution in [2.75, 3.05) is 6.61 Å². The molecule has 0 unspecified atom stereocenters. The molecule has 0 saturated carbocycles. The number of ether oxygens (including phenoxy) is 1. The maximum atomic E-state index is 13.3. The zero-order valence-corrected chi connectivity index (χ0v) is 8.89. The Bertz CT molecular complexity index is 412. The molecule has 7 heteroatoms. The second-order valence-corrected chi connectivity index (χ2v) is 3.08. The molecule has 0 bridgehead atoms. The monoisotopic (exact) mass is 253 g/mol. The highest BCUT2D eigenvalue weighted by atomic mass is 35.5. The molecule has 0 saturated heterocycles. The number of rotatable bonds is 3. The smallest absolute Gasteiger partial charge is 0.341 e. The molecule has 1 heterocycles. The normalized spacial score (nSPS) is 10.6. The first-order chi connectivity index (χ1) is 7.47. The van der Waals surface area contributed by atoms with E-state index in [2.05, 4.69) is 9.72 Å². The third-order valence-electron chi connectivity index (χ3n) is 1.66. The summed E-state index contributed by atoms with van der Waals surface area (Å²) in [5.74, 6) is -2.21. The molecule has 0 radical (unpaired) electrons. The highest BCUT2D eigenvalue weighted by Crippen LogP contribution is 2.24. The van der Waals surface area contributed by atoms with Crippen molar-refractivity contribution in [3.8, 4) is 0 Å². The van der Waals surface area contributed by atoms with Gasteiger partial charge in [0.15, 0.2) is 11.0 Å². The summed E-state index contributed by atoms with van der Waals surface area (Å²) in [6.07, 6.45) is -2.94. The van der Waals surface area contributed by atoms with E-state index in [0.717, 1.165) is 0 Å². The van der Waals surface area contributed by atoms with Crippen molar-refractivity contribution >= 4 is 17.6 Å². The number of carbonyl (C=O) groups is 1. The largest absolute Gasteiger partial charge is 0.462 e. The van der Waals surface area contributed by atoms with Crippen molar-refractivity contribution in [1.82, 2.24) is 4.98 Å². The molecule has 1 aromatic heterocycles. The molecule has 88 valence electrons. The second kappa shape index (κ2) is 5.16. The standard InChI is InChI=1S/C9H7ClF3NO2/c1-2-16-9(15)4-3-5(8(12)13)14-7(10)6(4)11/h3,8H,2H2,1H3. The van der Waals surface area contributed by atoms with E-state index in [9.17, 15) is 18.0 Å². The molecule has 1 rings (SSSR count). The molecule has 0 N–H and O–H groups in total. The van der Waals surface area contributed by atoms with Crippen molar-refractivity contribution in [2.45, 2.75) is 13.3 Å². The molecule has 0 aromatic carbocycles. The molecule has 0 atom stereocenters. The summed E-state index contributed by atoms with van der Waals surface area (Å²) in [5, 5.41) is -0.777. The molecule has 1 aromatic rings. The van der Waals surface area contributed by atoms with Crippen LogP contribution in [-0.2, 0) is 4.74 Å². The van der Waals surface area contributed by atoms with E-state index < -0.39 is 34.6 Å². The van der Waals surface area contributed by atoms with Gasteiger partial charge in [-0.25, -0.2) is 22.9 Å². The third kappa shape index (κ3) is 2.63. The first-order valence-electron chi connectivity index (χ1n) is 4.28. The Hall–Kier alpha value is -1.30. The van der Waals surface area contributed by atoms with Gasteiger partial charge in [0.05, 0.1) is 6.61 Å². The van der Waals surface area contributed by atoms with Gasteiger partial charge in [0.25, 0.3) is 6.43 Å². The average molecular weight is 254 g/mol. The van der Waals surface area contributed by atoms with Crippen LogP contribution in [0.1, 0.15) is 29.4 Å². The lowest BCUT2D eigenvalue weighted by Crippen LogP contribution is -2.10. The summed E-state index contributed by atoms with van der Waals surface area (Å²) >= 11 is 5.28. The molecule has 3 nitrogen and oxygen atoms in total. The van der Waals surface area contributed by atoms with Crippen LogP contribution >= 0.6 is 11.6 Å². The lowest BCUT2D eigenvalue weighted by atomic mass is 10.2. The quantitative estimate of drug-likeness (QED) is 0.614. The van der Waals surface area contributed by atoms with Crippen LogP contribution in [-0.4, -0.2) is 17.6 Å². The van der Waals surface area contributed by atoms with E-state index in [0.29, 0.717) is 6.07 Å². The van der Waals surface area contributed by atoms with Crippen LogP contribution in [0.2, 0.25) is 5.15 Å². The number of carbonyl (C=O) groups excluding carboxylic acids is 1. The molecular weight excluding hydrogens is 247 g/mol. The highest BCUT2D eigenvalue weighted by Gasteiger charge is 2.21. The second-order valence-electron chi connectivity index (χ2n) is 2.72. The highest BCUT2D eigenvalue weighted by molar-refractivity contribution is 6.29. The number of aromatic nitrogens is 1. The fourth-order valence-corrected chi connectivity index (χ4v) is 1.19. The van der Waals surface area contributed by atoms with Crippen molar-refractivity contribution in [3.05, 3.63) is 28.3 Å². The molecule has 0 aliphatic rings. The van der Waals surface area contributed by atoms with E-state index >= 15 is 0 Å². The number of nitrogens with zero attached hydrogens (tertiary/aromatic N) is 1. The van der Waals surface area contributed by atoms with Crippen LogP contribution in [0.3, 0.4) is 0 Å². The molecule has 16 heavy (non-hydrogen) atoms. The fraction of sp³-hybridized carbons (Fsp3) is 0.333. The minimum Gasteiger partial charge on any atom is -0.462 e. The maximum Gasteiger partial charge on any atom is 0.341 e. The van der Waals surface area contributed by atoms with Crippen LogP contribution < -0.4 is 0 Å². The van der Waals surface area contributed by atoms with Crippen LogP contribution in [0, 0.1) is 5.82 Å². The molecular formula is C9H7ClF3NO2. The summed E-state index contributed by atoms with van der Waals surface area (Å²) in [6, 6.07) is 0.629. The number of hydrogen-bond donors (Lipinski definition) is 0. The molecule has 0 fully saturated rings. The van der Waals surface area contributed by atoms with Crippen molar-refractivity contribution in [2.24, 2.45) is 0 Å². The van der Waals surface area contributed by atoms with Gasteiger partial charge in [0, 0.05) is 0 Å². The lowest BCUT2D eigenvalue weighted by molar-refractivity contribution is 0.0520. The zero-order valence-electron chi connectivity index (χ0n) is 8.14. The first kappa shape index (κ1) is 12.8. The number of alkyl halides is 2. The minimum absolute atomic E-state index is 0.00221. The lowest BCUT2D eigenvalue weighted by Gasteiger charge is -2.06. The van der Waals surface area contributed by atoms with Crippen LogP contribution in [0.5, 0.6) is 0 Å². The summed E-state index contributed by atoms with van der Waals surface area (Å²) < 4.78 is 42.4. The predicted octanol–water partition coefficient (Wildman–Crippen LogP) is 2.99. The van der Waals surface area contributed by atoms with Gasteiger partial charge in [-0.1, -0.05) is 11.6 Å². The SMILES string of the molecule is CCOC(=O)c1cc(C(F)F)nc(Cl)c1F. The molecule has 0 aliphatic carbocycles.